The quantitative estimate of drug-likeness (QED) is 0.898. The zero-order chi connectivity index (χ0) is 11.5. The molecule has 0 unspecified atom stereocenters. The highest BCUT2D eigenvalue weighted by Crippen LogP contribution is 2.35. The predicted octanol–water partition coefficient (Wildman–Crippen LogP) is 3.97. The van der Waals surface area contributed by atoms with Crippen LogP contribution in [0.4, 0.5) is 0 Å². The fourth-order valence-electron chi connectivity index (χ4n) is 1.59. The van der Waals surface area contributed by atoms with Crippen molar-refractivity contribution in [3.8, 4) is 11.1 Å². The molecule has 0 amide bonds. The number of furan rings is 1. The summed E-state index contributed by atoms with van der Waals surface area (Å²) in [5, 5.41) is 4.15. The highest BCUT2D eigenvalue weighted by molar-refractivity contribution is 6.43. The summed E-state index contributed by atoms with van der Waals surface area (Å²) in [6.07, 6.45) is 1.65. The molecule has 0 aliphatic rings. The van der Waals surface area contributed by atoms with Crippen LogP contribution in [-0.2, 0) is 6.54 Å². The van der Waals surface area contributed by atoms with Gasteiger partial charge in [-0.3, -0.25) is 0 Å². The number of rotatable bonds is 3. The lowest BCUT2D eigenvalue weighted by Crippen LogP contribution is -2.04. The monoisotopic (exact) mass is 255 g/mol. The van der Waals surface area contributed by atoms with E-state index in [2.05, 4.69) is 5.32 Å². The van der Waals surface area contributed by atoms with Crippen LogP contribution in [0.1, 0.15) is 5.76 Å². The Bertz CT molecular complexity index is 494. The fourth-order valence-corrected chi connectivity index (χ4v) is 1.99. The molecule has 0 aliphatic carbocycles. The Hall–Kier alpha value is -0.960. The average Bonchev–Trinajstić information content (AvgIpc) is 2.71. The molecule has 1 N–H and O–H groups in total. The van der Waals surface area contributed by atoms with Gasteiger partial charge >= 0.3 is 0 Å². The third kappa shape index (κ3) is 2.09. The Labute approximate surface area is 104 Å². The third-order valence-corrected chi connectivity index (χ3v) is 3.14. The van der Waals surface area contributed by atoms with Gasteiger partial charge in [0.05, 0.1) is 22.9 Å². The van der Waals surface area contributed by atoms with Crippen LogP contribution in [0.2, 0.25) is 10.0 Å². The predicted molar refractivity (Wildman–Crippen MR) is 66.9 cm³/mol. The van der Waals surface area contributed by atoms with Crippen molar-refractivity contribution < 1.29 is 4.42 Å². The lowest BCUT2D eigenvalue weighted by molar-refractivity contribution is 0.497. The first-order valence-electron chi connectivity index (χ1n) is 4.89. The molecular formula is C12H11Cl2NO. The SMILES string of the molecule is CNCc1occc1-c1cccc(Cl)c1Cl. The third-order valence-electron chi connectivity index (χ3n) is 2.32. The molecule has 1 aromatic heterocycles. The number of hydrogen-bond acceptors (Lipinski definition) is 2. The molecule has 0 radical (unpaired) electrons. The Balaban J connectivity index is 2.50. The zero-order valence-electron chi connectivity index (χ0n) is 8.76. The van der Waals surface area contributed by atoms with E-state index in [0.29, 0.717) is 16.6 Å². The van der Waals surface area contributed by atoms with Crippen molar-refractivity contribution in [2.45, 2.75) is 6.54 Å². The van der Waals surface area contributed by atoms with E-state index in [1.807, 2.05) is 25.2 Å². The molecule has 2 nitrogen and oxygen atoms in total. The first-order chi connectivity index (χ1) is 7.74. The van der Waals surface area contributed by atoms with Gasteiger partial charge in [-0.15, -0.1) is 0 Å². The molecule has 2 rings (SSSR count). The second-order valence-corrected chi connectivity index (χ2v) is 4.17. The second-order valence-electron chi connectivity index (χ2n) is 3.39. The van der Waals surface area contributed by atoms with Crippen LogP contribution in [0.5, 0.6) is 0 Å². The maximum Gasteiger partial charge on any atom is 0.125 e. The molecule has 0 fully saturated rings. The first kappa shape index (κ1) is 11.5. The van der Waals surface area contributed by atoms with Gasteiger partial charge in [0.1, 0.15) is 5.76 Å². The summed E-state index contributed by atoms with van der Waals surface area (Å²) in [4.78, 5) is 0. The molecule has 16 heavy (non-hydrogen) atoms. The molecule has 84 valence electrons. The van der Waals surface area contributed by atoms with Gasteiger partial charge < -0.3 is 9.73 Å². The van der Waals surface area contributed by atoms with E-state index in [-0.39, 0.29) is 0 Å². The first-order valence-corrected chi connectivity index (χ1v) is 5.65. The van der Waals surface area contributed by atoms with E-state index in [1.165, 1.54) is 0 Å². The molecule has 0 bridgehead atoms. The van der Waals surface area contributed by atoms with Gasteiger partial charge in [0.15, 0.2) is 0 Å². The fraction of sp³-hybridized carbons (Fsp3) is 0.167. The van der Waals surface area contributed by atoms with Gasteiger partial charge in [0.2, 0.25) is 0 Å². The molecule has 1 aromatic carbocycles. The summed E-state index contributed by atoms with van der Waals surface area (Å²) in [7, 11) is 1.87. The van der Waals surface area contributed by atoms with E-state index in [9.17, 15) is 0 Å². The maximum absolute atomic E-state index is 6.16. The van der Waals surface area contributed by atoms with Gasteiger partial charge in [0.25, 0.3) is 0 Å². The summed E-state index contributed by atoms with van der Waals surface area (Å²) in [5.74, 6) is 0.853. The Kier molecular flexibility index (Phi) is 3.54. The van der Waals surface area contributed by atoms with Gasteiger partial charge in [0, 0.05) is 11.1 Å². The summed E-state index contributed by atoms with van der Waals surface area (Å²) in [5.41, 5.74) is 1.87. The van der Waals surface area contributed by atoms with Gasteiger partial charge in [-0.1, -0.05) is 35.3 Å². The van der Waals surface area contributed by atoms with Gasteiger partial charge in [-0.05, 0) is 19.2 Å². The minimum absolute atomic E-state index is 0.552. The van der Waals surface area contributed by atoms with Crippen molar-refractivity contribution in [3.63, 3.8) is 0 Å². The van der Waals surface area contributed by atoms with Crippen LogP contribution < -0.4 is 5.32 Å². The summed E-state index contributed by atoms with van der Waals surface area (Å²) >= 11 is 12.1. The Morgan fingerprint density at radius 1 is 1.19 bits per heavy atom. The molecular weight excluding hydrogens is 245 g/mol. The average molecular weight is 256 g/mol. The largest absolute Gasteiger partial charge is 0.467 e. The van der Waals surface area contributed by atoms with Crippen LogP contribution in [-0.4, -0.2) is 7.05 Å². The number of halogens is 2. The molecule has 4 heteroatoms. The van der Waals surface area contributed by atoms with Crippen LogP contribution >= 0.6 is 23.2 Å². The van der Waals surface area contributed by atoms with Gasteiger partial charge in [-0.2, -0.15) is 0 Å². The van der Waals surface area contributed by atoms with E-state index in [4.69, 9.17) is 27.6 Å². The molecule has 0 spiro atoms. The minimum atomic E-state index is 0.552. The molecule has 0 atom stereocenters. The topological polar surface area (TPSA) is 25.2 Å². The Morgan fingerprint density at radius 3 is 2.75 bits per heavy atom. The van der Waals surface area contributed by atoms with E-state index >= 15 is 0 Å². The molecule has 0 saturated carbocycles. The summed E-state index contributed by atoms with van der Waals surface area (Å²) in [6, 6.07) is 7.47. The molecule has 2 aromatic rings. The minimum Gasteiger partial charge on any atom is -0.467 e. The highest BCUT2D eigenvalue weighted by Gasteiger charge is 2.12. The van der Waals surface area contributed by atoms with Crippen LogP contribution in [0.3, 0.4) is 0 Å². The lowest BCUT2D eigenvalue weighted by Gasteiger charge is -2.05. The van der Waals surface area contributed by atoms with E-state index < -0.39 is 0 Å². The van der Waals surface area contributed by atoms with Crippen molar-refractivity contribution >= 4 is 23.2 Å². The second kappa shape index (κ2) is 4.91. The van der Waals surface area contributed by atoms with Crippen molar-refractivity contribution in [3.05, 3.63) is 46.3 Å². The number of benzene rings is 1. The van der Waals surface area contributed by atoms with Crippen molar-refractivity contribution in [2.75, 3.05) is 7.05 Å². The van der Waals surface area contributed by atoms with E-state index in [1.54, 1.807) is 12.3 Å². The Morgan fingerprint density at radius 2 is 2.00 bits per heavy atom. The van der Waals surface area contributed by atoms with Gasteiger partial charge in [-0.25, -0.2) is 0 Å². The van der Waals surface area contributed by atoms with Crippen LogP contribution in [0, 0.1) is 0 Å². The van der Waals surface area contributed by atoms with Crippen molar-refractivity contribution in [2.24, 2.45) is 0 Å². The summed E-state index contributed by atoms with van der Waals surface area (Å²) in [6.45, 7) is 0.658. The summed E-state index contributed by atoms with van der Waals surface area (Å²) < 4.78 is 5.39. The van der Waals surface area contributed by atoms with Crippen molar-refractivity contribution in [1.82, 2.24) is 5.32 Å². The lowest BCUT2D eigenvalue weighted by atomic mass is 10.1. The molecule has 1 heterocycles. The number of hydrogen-bond donors (Lipinski definition) is 1. The van der Waals surface area contributed by atoms with E-state index in [0.717, 1.165) is 16.9 Å². The normalized spacial score (nSPS) is 10.7. The standard InChI is InChI=1S/C12H11Cl2NO/c1-15-7-11-8(5-6-16-11)9-3-2-4-10(13)12(9)14/h2-6,15H,7H2,1H3. The highest BCUT2D eigenvalue weighted by atomic mass is 35.5. The van der Waals surface area contributed by atoms with Crippen molar-refractivity contribution in [1.29, 1.82) is 0 Å². The van der Waals surface area contributed by atoms with Crippen LogP contribution in [0.15, 0.2) is 34.9 Å². The zero-order valence-corrected chi connectivity index (χ0v) is 10.3. The molecule has 0 saturated heterocycles. The van der Waals surface area contributed by atoms with Crippen LogP contribution in [0.25, 0.3) is 11.1 Å². The molecule has 0 aliphatic heterocycles. The number of nitrogens with one attached hydrogen (secondary N) is 1. The maximum atomic E-state index is 6.16. The smallest absolute Gasteiger partial charge is 0.125 e.